The minimum absolute atomic E-state index is 0.0399. The smallest absolute Gasteiger partial charge is 0.343 e. The van der Waals surface area contributed by atoms with Gasteiger partial charge in [-0.05, 0) is 30.5 Å². The number of hydrogen-bond acceptors (Lipinski definition) is 6. The number of aromatic nitrogens is 2. The molecule has 1 aromatic carbocycles. The monoisotopic (exact) mass is 377 g/mol. The maximum atomic E-state index is 12.6. The lowest BCUT2D eigenvalue weighted by Crippen LogP contribution is -2.17. The Balaban J connectivity index is 2.09. The largest absolute Gasteiger partial charge is 0.462 e. The second kappa shape index (κ2) is 7.08. The molecule has 2 aromatic heterocycles. The zero-order valence-corrected chi connectivity index (χ0v) is 14.9. The zero-order chi connectivity index (χ0) is 17.9. The van der Waals surface area contributed by atoms with Crippen molar-refractivity contribution in [3.05, 3.63) is 59.6 Å². The Bertz CT molecular complexity index is 964. The molecule has 1 N–H and O–H groups in total. The average molecular weight is 377 g/mol. The number of benzene rings is 1. The maximum absolute atomic E-state index is 12.6. The summed E-state index contributed by atoms with van der Waals surface area (Å²) >= 11 is 1.08. The number of hydrogen-bond donors (Lipinski definition) is 1. The number of carbonyl (C=O) groups is 1. The summed E-state index contributed by atoms with van der Waals surface area (Å²) in [7, 11) is -3.84. The summed E-state index contributed by atoms with van der Waals surface area (Å²) in [5, 5.41) is 5.81. The lowest BCUT2D eigenvalue weighted by atomic mass is 10.3. The van der Waals surface area contributed by atoms with Gasteiger partial charge in [0.1, 0.15) is 9.77 Å². The van der Waals surface area contributed by atoms with Gasteiger partial charge in [0.25, 0.3) is 10.0 Å². The fraction of sp³-hybridized carbons (Fsp3) is 0.125. The van der Waals surface area contributed by atoms with Crippen LogP contribution >= 0.6 is 11.3 Å². The van der Waals surface area contributed by atoms with Gasteiger partial charge in [-0.15, -0.1) is 11.3 Å². The summed E-state index contributed by atoms with van der Waals surface area (Å²) in [6.07, 6.45) is 1.29. The van der Waals surface area contributed by atoms with Gasteiger partial charge in [0.2, 0.25) is 0 Å². The van der Waals surface area contributed by atoms with E-state index in [0.717, 1.165) is 11.3 Å². The van der Waals surface area contributed by atoms with Crippen LogP contribution in [0.15, 0.2) is 58.3 Å². The molecule has 0 saturated carbocycles. The lowest BCUT2D eigenvalue weighted by molar-refractivity contribution is 0.0527. The Morgan fingerprint density at radius 1 is 1.24 bits per heavy atom. The van der Waals surface area contributed by atoms with Gasteiger partial charge in [0, 0.05) is 0 Å². The Morgan fingerprint density at radius 3 is 2.64 bits per heavy atom. The number of para-hydroxylation sites is 1. The molecule has 25 heavy (non-hydrogen) atoms. The maximum Gasteiger partial charge on any atom is 0.343 e. The van der Waals surface area contributed by atoms with Crippen LogP contribution in [0.2, 0.25) is 0 Å². The molecule has 0 amide bonds. The normalized spacial score (nSPS) is 11.2. The molecule has 2 heterocycles. The summed E-state index contributed by atoms with van der Waals surface area (Å²) in [5.74, 6) is -0.605. The Kier molecular flexibility index (Phi) is 4.86. The van der Waals surface area contributed by atoms with Gasteiger partial charge in [0.05, 0.1) is 18.5 Å². The number of nitrogens with one attached hydrogen (secondary N) is 1. The standard InChI is InChI=1S/C16H15N3O4S2/c1-2-23-16(20)13-11-17-19(12-7-4-3-5-8-12)15(13)18-25(21,22)14-9-6-10-24-14/h3-11,18H,2H2,1H3. The van der Waals surface area contributed by atoms with Crippen molar-refractivity contribution in [2.45, 2.75) is 11.1 Å². The summed E-state index contributed by atoms with van der Waals surface area (Å²) < 4.78 is 34.1. The molecular formula is C16H15N3O4S2. The van der Waals surface area contributed by atoms with Crippen molar-refractivity contribution in [2.75, 3.05) is 11.3 Å². The molecule has 0 fully saturated rings. The van der Waals surface area contributed by atoms with Crippen LogP contribution in [-0.2, 0) is 14.8 Å². The number of esters is 1. The van der Waals surface area contributed by atoms with E-state index < -0.39 is 16.0 Å². The molecule has 0 unspecified atom stereocenters. The van der Waals surface area contributed by atoms with Crippen LogP contribution in [0, 0.1) is 0 Å². The molecule has 130 valence electrons. The second-order valence-electron chi connectivity index (χ2n) is 4.91. The molecule has 7 nitrogen and oxygen atoms in total. The van der Waals surface area contributed by atoms with Gasteiger partial charge in [-0.1, -0.05) is 24.3 Å². The van der Waals surface area contributed by atoms with Gasteiger partial charge in [-0.2, -0.15) is 5.10 Å². The van der Waals surface area contributed by atoms with Gasteiger partial charge < -0.3 is 4.74 Å². The van der Waals surface area contributed by atoms with Crippen LogP contribution in [0.1, 0.15) is 17.3 Å². The highest BCUT2D eigenvalue weighted by Crippen LogP contribution is 2.26. The number of thiophene rings is 1. The Hall–Kier alpha value is -2.65. The lowest BCUT2D eigenvalue weighted by Gasteiger charge is -2.11. The molecule has 0 atom stereocenters. The SMILES string of the molecule is CCOC(=O)c1cnn(-c2ccccc2)c1NS(=O)(=O)c1cccs1. The number of rotatable bonds is 6. The molecule has 0 radical (unpaired) electrons. The van der Waals surface area contributed by atoms with Crippen LogP contribution in [0.5, 0.6) is 0 Å². The summed E-state index contributed by atoms with van der Waals surface area (Å²) in [5.41, 5.74) is 0.660. The third kappa shape index (κ3) is 3.57. The molecule has 0 aliphatic carbocycles. The molecule has 0 aliphatic rings. The molecule has 0 bridgehead atoms. The van der Waals surface area contributed by atoms with Crippen molar-refractivity contribution in [1.29, 1.82) is 0 Å². The van der Waals surface area contributed by atoms with E-state index in [4.69, 9.17) is 4.74 Å². The first kappa shape index (κ1) is 17.2. The van der Waals surface area contributed by atoms with E-state index in [2.05, 4.69) is 9.82 Å². The van der Waals surface area contributed by atoms with Crippen molar-refractivity contribution < 1.29 is 17.9 Å². The van der Waals surface area contributed by atoms with Gasteiger partial charge in [-0.25, -0.2) is 17.9 Å². The quantitative estimate of drug-likeness (QED) is 0.667. The van der Waals surface area contributed by atoms with Crippen molar-refractivity contribution in [1.82, 2.24) is 9.78 Å². The highest BCUT2D eigenvalue weighted by atomic mass is 32.2. The van der Waals surface area contributed by atoms with Crippen LogP contribution in [-0.4, -0.2) is 30.8 Å². The van der Waals surface area contributed by atoms with E-state index in [1.807, 2.05) is 6.07 Å². The third-order valence-electron chi connectivity index (χ3n) is 3.26. The van der Waals surface area contributed by atoms with Crippen LogP contribution in [0.25, 0.3) is 5.69 Å². The molecule has 0 spiro atoms. The van der Waals surface area contributed by atoms with E-state index in [0.29, 0.717) is 5.69 Å². The van der Waals surface area contributed by atoms with Crippen molar-refractivity contribution in [2.24, 2.45) is 0 Å². The first-order chi connectivity index (χ1) is 12.0. The fourth-order valence-corrected chi connectivity index (χ4v) is 4.22. The highest BCUT2D eigenvalue weighted by Gasteiger charge is 2.25. The number of nitrogens with zero attached hydrogens (tertiary/aromatic N) is 2. The first-order valence-corrected chi connectivity index (χ1v) is 9.76. The van der Waals surface area contributed by atoms with Crippen LogP contribution < -0.4 is 4.72 Å². The highest BCUT2D eigenvalue weighted by molar-refractivity contribution is 7.94. The van der Waals surface area contributed by atoms with Gasteiger partial charge in [0.15, 0.2) is 5.82 Å². The number of sulfonamides is 1. The summed E-state index contributed by atoms with van der Waals surface area (Å²) in [6, 6.07) is 12.0. The zero-order valence-electron chi connectivity index (χ0n) is 13.2. The van der Waals surface area contributed by atoms with Crippen molar-refractivity contribution in [3.8, 4) is 5.69 Å². The minimum Gasteiger partial charge on any atom is -0.462 e. The molecule has 3 aromatic rings. The predicted octanol–water partition coefficient (Wildman–Crippen LogP) is 2.91. The number of ether oxygens (including phenoxy) is 1. The Morgan fingerprint density at radius 2 is 2.00 bits per heavy atom. The predicted molar refractivity (Wildman–Crippen MR) is 94.6 cm³/mol. The molecular weight excluding hydrogens is 362 g/mol. The van der Waals surface area contributed by atoms with Crippen LogP contribution in [0.3, 0.4) is 0 Å². The minimum atomic E-state index is -3.84. The van der Waals surface area contributed by atoms with Crippen molar-refractivity contribution >= 4 is 33.1 Å². The van der Waals surface area contributed by atoms with Gasteiger partial charge >= 0.3 is 5.97 Å². The first-order valence-electron chi connectivity index (χ1n) is 7.40. The average Bonchev–Trinajstić information content (AvgIpc) is 3.26. The van der Waals surface area contributed by atoms with E-state index in [1.54, 1.807) is 42.6 Å². The Labute approximate surface area is 148 Å². The molecule has 9 heteroatoms. The third-order valence-corrected chi connectivity index (χ3v) is 5.99. The van der Waals surface area contributed by atoms with Gasteiger partial charge in [-0.3, -0.25) is 4.72 Å². The van der Waals surface area contributed by atoms with E-state index in [9.17, 15) is 13.2 Å². The van der Waals surface area contributed by atoms with E-state index in [1.165, 1.54) is 16.9 Å². The topological polar surface area (TPSA) is 90.3 Å². The second-order valence-corrected chi connectivity index (χ2v) is 7.77. The number of anilines is 1. The van der Waals surface area contributed by atoms with E-state index >= 15 is 0 Å². The molecule has 0 aliphatic heterocycles. The molecule has 3 rings (SSSR count). The van der Waals surface area contributed by atoms with Crippen molar-refractivity contribution in [3.63, 3.8) is 0 Å². The summed E-state index contributed by atoms with van der Waals surface area (Å²) in [6.45, 7) is 1.85. The van der Waals surface area contributed by atoms with E-state index in [-0.39, 0.29) is 22.2 Å². The fourth-order valence-electron chi connectivity index (χ4n) is 2.16. The number of carbonyl (C=O) groups excluding carboxylic acids is 1. The molecule has 0 saturated heterocycles. The summed E-state index contributed by atoms with van der Waals surface area (Å²) in [4.78, 5) is 12.2. The van der Waals surface area contributed by atoms with Crippen LogP contribution in [0.4, 0.5) is 5.82 Å².